The fraction of sp³-hybridized carbons (Fsp3) is 0.0435. The monoisotopic (exact) mass is 310 g/mol. The standard InChI is InChI=1S/C23H18O/c1-3-10-18(11-4-1)12-9-16-21-20-15-7-8-17-22(20)24-23(21)19-13-5-2-6-14-19/h1-15,17H,16H2/b12-9+. The second-order valence-corrected chi connectivity index (χ2v) is 5.79. The van der Waals surface area contributed by atoms with E-state index < -0.39 is 0 Å². The first-order chi connectivity index (χ1) is 11.9. The number of fused-ring (bicyclic) bond motifs is 1. The van der Waals surface area contributed by atoms with E-state index in [2.05, 4.69) is 60.7 Å². The molecule has 1 heteroatoms. The third-order valence-corrected chi connectivity index (χ3v) is 4.17. The molecule has 0 fully saturated rings. The number of para-hydroxylation sites is 1. The highest BCUT2D eigenvalue weighted by Gasteiger charge is 2.14. The summed E-state index contributed by atoms with van der Waals surface area (Å²) in [6.07, 6.45) is 5.21. The van der Waals surface area contributed by atoms with Crippen molar-refractivity contribution in [2.24, 2.45) is 0 Å². The Balaban J connectivity index is 1.74. The van der Waals surface area contributed by atoms with Crippen LogP contribution in [-0.2, 0) is 6.42 Å². The summed E-state index contributed by atoms with van der Waals surface area (Å²) in [4.78, 5) is 0. The van der Waals surface area contributed by atoms with Gasteiger partial charge in [0.1, 0.15) is 11.3 Å². The summed E-state index contributed by atoms with van der Waals surface area (Å²) in [7, 11) is 0. The van der Waals surface area contributed by atoms with E-state index >= 15 is 0 Å². The van der Waals surface area contributed by atoms with Gasteiger partial charge >= 0.3 is 0 Å². The molecule has 0 amide bonds. The average molecular weight is 310 g/mol. The molecule has 1 nitrogen and oxygen atoms in total. The second-order valence-electron chi connectivity index (χ2n) is 5.79. The third-order valence-electron chi connectivity index (χ3n) is 4.17. The molecular weight excluding hydrogens is 292 g/mol. The molecule has 0 N–H and O–H groups in total. The highest BCUT2D eigenvalue weighted by atomic mass is 16.3. The van der Waals surface area contributed by atoms with E-state index in [-0.39, 0.29) is 0 Å². The van der Waals surface area contributed by atoms with Crippen molar-refractivity contribution in [3.8, 4) is 11.3 Å². The minimum atomic E-state index is 0.843. The van der Waals surface area contributed by atoms with Crippen LogP contribution in [0.1, 0.15) is 11.1 Å². The van der Waals surface area contributed by atoms with Gasteiger partial charge in [0.25, 0.3) is 0 Å². The van der Waals surface area contributed by atoms with Crippen LogP contribution in [0.2, 0.25) is 0 Å². The number of allylic oxidation sites excluding steroid dienone is 1. The van der Waals surface area contributed by atoms with Gasteiger partial charge < -0.3 is 4.42 Å². The fourth-order valence-electron chi connectivity index (χ4n) is 3.00. The van der Waals surface area contributed by atoms with Gasteiger partial charge in [-0.25, -0.2) is 0 Å². The molecule has 0 atom stereocenters. The number of hydrogen-bond acceptors (Lipinski definition) is 1. The highest BCUT2D eigenvalue weighted by Crippen LogP contribution is 2.34. The molecule has 4 aromatic rings. The summed E-state index contributed by atoms with van der Waals surface area (Å²) >= 11 is 0. The van der Waals surface area contributed by atoms with Crippen LogP contribution in [0.4, 0.5) is 0 Å². The Morgan fingerprint density at radius 1 is 0.708 bits per heavy atom. The lowest BCUT2D eigenvalue weighted by molar-refractivity contribution is 0.628. The Morgan fingerprint density at radius 3 is 2.17 bits per heavy atom. The molecular formula is C23H18O. The molecule has 0 unspecified atom stereocenters. The first-order valence-corrected chi connectivity index (χ1v) is 8.19. The van der Waals surface area contributed by atoms with Crippen LogP contribution in [0.5, 0.6) is 0 Å². The zero-order valence-corrected chi connectivity index (χ0v) is 13.4. The molecule has 0 saturated carbocycles. The van der Waals surface area contributed by atoms with Crippen molar-refractivity contribution >= 4 is 17.0 Å². The smallest absolute Gasteiger partial charge is 0.138 e. The summed E-state index contributed by atoms with van der Waals surface area (Å²) in [6, 6.07) is 29.0. The molecule has 24 heavy (non-hydrogen) atoms. The minimum Gasteiger partial charge on any atom is -0.456 e. The molecule has 3 aromatic carbocycles. The van der Waals surface area contributed by atoms with Crippen molar-refractivity contribution in [3.63, 3.8) is 0 Å². The van der Waals surface area contributed by atoms with Crippen LogP contribution >= 0.6 is 0 Å². The topological polar surface area (TPSA) is 13.1 Å². The molecule has 0 bridgehead atoms. The maximum Gasteiger partial charge on any atom is 0.138 e. The lowest BCUT2D eigenvalue weighted by Crippen LogP contribution is -1.84. The second kappa shape index (κ2) is 6.59. The van der Waals surface area contributed by atoms with E-state index in [1.54, 1.807) is 0 Å². The normalized spacial score (nSPS) is 11.3. The van der Waals surface area contributed by atoms with Gasteiger partial charge in [-0.15, -0.1) is 0 Å². The lowest BCUT2D eigenvalue weighted by atomic mass is 10.0. The van der Waals surface area contributed by atoms with Crippen LogP contribution in [0, 0.1) is 0 Å². The molecule has 0 saturated heterocycles. The lowest BCUT2D eigenvalue weighted by Gasteiger charge is -2.01. The molecule has 0 aliphatic carbocycles. The van der Waals surface area contributed by atoms with E-state index in [4.69, 9.17) is 4.42 Å². The van der Waals surface area contributed by atoms with Crippen LogP contribution in [0.3, 0.4) is 0 Å². The van der Waals surface area contributed by atoms with Crippen molar-refractivity contribution < 1.29 is 4.42 Å². The molecule has 0 aliphatic rings. The van der Waals surface area contributed by atoms with E-state index in [1.807, 2.05) is 36.4 Å². The average Bonchev–Trinajstić information content (AvgIpc) is 3.02. The maximum atomic E-state index is 6.15. The summed E-state index contributed by atoms with van der Waals surface area (Å²) in [6.45, 7) is 0. The van der Waals surface area contributed by atoms with Gasteiger partial charge in [0.15, 0.2) is 0 Å². The zero-order chi connectivity index (χ0) is 16.2. The van der Waals surface area contributed by atoms with Crippen LogP contribution < -0.4 is 0 Å². The van der Waals surface area contributed by atoms with Crippen molar-refractivity contribution in [2.75, 3.05) is 0 Å². The molecule has 1 aromatic heterocycles. The molecule has 4 rings (SSSR count). The third kappa shape index (κ3) is 2.89. The first kappa shape index (κ1) is 14.5. The molecule has 0 aliphatic heterocycles. The van der Waals surface area contributed by atoms with Crippen molar-refractivity contribution in [1.29, 1.82) is 0 Å². The number of benzene rings is 3. The van der Waals surface area contributed by atoms with Gasteiger partial charge in [-0.2, -0.15) is 0 Å². The van der Waals surface area contributed by atoms with Crippen molar-refractivity contribution in [2.45, 2.75) is 6.42 Å². The van der Waals surface area contributed by atoms with E-state index in [9.17, 15) is 0 Å². The molecule has 116 valence electrons. The van der Waals surface area contributed by atoms with Gasteiger partial charge in [-0.3, -0.25) is 0 Å². The van der Waals surface area contributed by atoms with Gasteiger partial charge in [-0.1, -0.05) is 91.0 Å². The Labute approximate surface area is 141 Å². The predicted octanol–water partition coefficient (Wildman–Crippen LogP) is 6.36. The van der Waals surface area contributed by atoms with E-state index in [0.717, 1.165) is 23.3 Å². The zero-order valence-electron chi connectivity index (χ0n) is 13.4. The SMILES string of the molecule is C(=C\c1ccccc1)/Cc1c(-c2ccccc2)oc2ccccc12. The molecule has 1 heterocycles. The van der Waals surface area contributed by atoms with Gasteiger partial charge in [0.05, 0.1) is 0 Å². The highest BCUT2D eigenvalue weighted by molar-refractivity contribution is 5.88. The van der Waals surface area contributed by atoms with Gasteiger partial charge in [-0.05, 0) is 18.1 Å². The first-order valence-electron chi connectivity index (χ1n) is 8.19. The number of furan rings is 1. The number of hydrogen-bond donors (Lipinski definition) is 0. The summed E-state index contributed by atoms with van der Waals surface area (Å²) < 4.78 is 6.15. The summed E-state index contributed by atoms with van der Waals surface area (Å²) in [5, 5.41) is 1.19. The Kier molecular flexibility index (Phi) is 3.99. The Bertz CT molecular complexity index is 963. The fourth-order valence-corrected chi connectivity index (χ4v) is 3.00. The maximum absolute atomic E-state index is 6.15. The van der Waals surface area contributed by atoms with Crippen LogP contribution in [0.15, 0.2) is 95.4 Å². The quantitative estimate of drug-likeness (QED) is 0.427. The number of rotatable bonds is 4. The largest absolute Gasteiger partial charge is 0.456 e. The van der Waals surface area contributed by atoms with Gasteiger partial charge in [0.2, 0.25) is 0 Å². The molecule has 0 spiro atoms. The van der Waals surface area contributed by atoms with Crippen molar-refractivity contribution in [3.05, 3.63) is 102 Å². The van der Waals surface area contributed by atoms with E-state index in [0.29, 0.717) is 0 Å². The van der Waals surface area contributed by atoms with Crippen LogP contribution in [0.25, 0.3) is 28.4 Å². The predicted molar refractivity (Wildman–Crippen MR) is 101 cm³/mol. The summed E-state index contributed by atoms with van der Waals surface area (Å²) in [5.41, 5.74) is 4.52. The van der Waals surface area contributed by atoms with E-state index in [1.165, 1.54) is 16.5 Å². The van der Waals surface area contributed by atoms with Gasteiger partial charge in [0, 0.05) is 16.5 Å². The Hall–Kier alpha value is -3.06. The molecule has 0 radical (unpaired) electrons. The summed E-state index contributed by atoms with van der Waals surface area (Å²) in [5.74, 6) is 0.967. The Morgan fingerprint density at radius 2 is 1.38 bits per heavy atom. The van der Waals surface area contributed by atoms with Crippen molar-refractivity contribution in [1.82, 2.24) is 0 Å². The minimum absolute atomic E-state index is 0.843. The van der Waals surface area contributed by atoms with Crippen LogP contribution in [-0.4, -0.2) is 0 Å².